The van der Waals surface area contributed by atoms with Crippen LogP contribution >= 0.6 is 11.8 Å². The van der Waals surface area contributed by atoms with Gasteiger partial charge < -0.3 is 15.8 Å². The van der Waals surface area contributed by atoms with Crippen molar-refractivity contribution in [2.75, 3.05) is 13.2 Å². The maximum Gasteiger partial charge on any atom is 0.281 e. The Morgan fingerprint density at radius 2 is 1.79 bits per heavy atom. The molecule has 0 spiro atoms. The second-order valence-corrected chi connectivity index (χ2v) is 6.54. The zero-order chi connectivity index (χ0) is 20.4. The van der Waals surface area contributed by atoms with Gasteiger partial charge >= 0.3 is 0 Å². The quantitative estimate of drug-likeness (QED) is 0.381. The lowest BCUT2D eigenvalue weighted by Gasteiger charge is -2.09. The molecule has 28 heavy (non-hydrogen) atoms. The first-order chi connectivity index (χ1) is 13.5. The Morgan fingerprint density at radius 1 is 1.07 bits per heavy atom. The summed E-state index contributed by atoms with van der Waals surface area (Å²) in [6.45, 7) is 0.500. The van der Waals surface area contributed by atoms with Crippen LogP contribution in [0.4, 0.5) is 4.79 Å². The molecule has 0 heterocycles. The molecule has 0 saturated heterocycles. The van der Waals surface area contributed by atoms with Gasteiger partial charge in [0.15, 0.2) is 12.6 Å². The average Bonchev–Trinajstić information content (AvgIpc) is 2.71. The first-order valence-corrected chi connectivity index (χ1v) is 9.04. The number of primary amides is 1. The molecule has 0 atom stereocenters. The van der Waals surface area contributed by atoms with Gasteiger partial charge in [-0.05, 0) is 41.6 Å². The van der Waals surface area contributed by atoms with E-state index in [4.69, 9.17) is 10.5 Å². The molecule has 2 rings (SSSR count). The molecule has 0 aromatic heterocycles. The fourth-order valence-electron chi connectivity index (χ4n) is 2.26. The number of benzene rings is 2. The summed E-state index contributed by atoms with van der Waals surface area (Å²) in [4.78, 5) is 45.0. The Balaban J connectivity index is 1.84. The second-order valence-electron chi connectivity index (χ2n) is 5.46. The highest BCUT2D eigenvalue weighted by atomic mass is 32.2. The normalized spacial score (nSPS) is 10.8. The van der Waals surface area contributed by atoms with Crippen LogP contribution in [-0.2, 0) is 4.79 Å². The van der Waals surface area contributed by atoms with Gasteiger partial charge in [0.25, 0.3) is 11.1 Å². The molecule has 0 unspecified atom stereocenters. The SMILES string of the molecule is NC(=O)S/C(C=O)=C\c1ccc(OCCNC(=O)c2ccccc2C=O)cc1. The molecule has 2 aromatic carbocycles. The number of ether oxygens (including phenoxy) is 1. The third kappa shape index (κ3) is 6.40. The van der Waals surface area contributed by atoms with E-state index in [2.05, 4.69) is 5.32 Å². The van der Waals surface area contributed by atoms with Crippen LogP contribution in [0.25, 0.3) is 6.08 Å². The molecule has 0 radical (unpaired) electrons. The van der Waals surface area contributed by atoms with E-state index in [-0.39, 0.29) is 24.0 Å². The van der Waals surface area contributed by atoms with Gasteiger partial charge in [-0.25, -0.2) is 0 Å². The third-order valence-electron chi connectivity index (χ3n) is 3.51. The molecule has 0 aliphatic rings. The van der Waals surface area contributed by atoms with E-state index in [1.165, 1.54) is 6.08 Å². The third-order valence-corrected chi connectivity index (χ3v) is 4.16. The zero-order valence-corrected chi connectivity index (χ0v) is 15.6. The maximum absolute atomic E-state index is 12.1. The zero-order valence-electron chi connectivity index (χ0n) is 14.8. The molecule has 2 amide bonds. The Kier molecular flexibility index (Phi) is 7.98. The number of carbonyl (C=O) groups excluding carboxylic acids is 4. The van der Waals surface area contributed by atoms with Gasteiger partial charge in [-0.1, -0.05) is 30.3 Å². The van der Waals surface area contributed by atoms with Crippen LogP contribution in [0.1, 0.15) is 26.3 Å². The minimum Gasteiger partial charge on any atom is -0.492 e. The van der Waals surface area contributed by atoms with Crippen LogP contribution in [0.3, 0.4) is 0 Å². The molecule has 8 heteroatoms. The number of amides is 2. The van der Waals surface area contributed by atoms with Crippen molar-refractivity contribution in [3.05, 3.63) is 70.1 Å². The predicted molar refractivity (Wildman–Crippen MR) is 107 cm³/mol. The minimum atomic E-state index is -0.656. The van der Waals surface area contributed by atoms with Gasteiger partial charge in [-0.3, -0.25) is 19.2 Å². The summed E-state index contributed by atoms with van der Waals surface area (Å²) in [5.41, 5.74) is 6.40. The number of hydrogen-bond acceptors (Lipinski definition) is 6. The fraction of sp³-hybridized carbons (Fsp3) is 0.100. The second kappa shape index (κ2) is 10.7. The molecule has 0 bridgehead atoms. The molecule has 144 valence electrons. The Morgan fingerprint density at radius 3 is 2.43 bits per heavy atom. The van der Waals surface area contributed by atoms with Gasteiger partial charge in [0, 0.05) is 11.1 Å². The van der Waals surface area contributed by atoms with Gasteiger partial charge in [-0.2, -0.15) is 0 Å². The summed E-state index contributed by atoms with van der Waals surface area (Å²) in [5.74, 6) is 0.232. The minimum absolute atomic E-state index is 0.208. The van der Waals surface area contributed by atoms with Crippen molar-refractivity contribution in [2.24, 2.45) is 5.73 Å². The molecule has 0 aliphatic heterocycles. The Bertz CT molecular complexity index is 894. The van der Waals surface area contributed by atoms with E-state index in [1.807, 2.05) is 0 Å². The monoisotopic (exact) mass is 398 g/mol. The lowest BCUT2D eigenvalue weighted by molar-refractivity contribution is -0.104. The molecule has 0 aliphatic carbocycles. The smallest absolute Gasteiger partial charge is 0.281 e. The van der Waals surface area contributed by atoms with E-state index in [9.17, 15) is 19.2 Å². The first-order valence-electron chi connectivity index (χ1n) is 8.23. The highest BCUT2D eigenvalue weighted by Gasteiger charge is 2.09. The summed E-state index contributed by atoms with van der Waals surface area (Å²) in [5, 5.41) is 2.03. The van der Waals surface area contributed by atoms with E-state index in [0.29, 0.717) is 46.8 Å². The number of nitrogens with one attached hydrogen (secondary N) is 1. The number of nitrogens with two attached hydrogens (primary N) is 1. The van der Waals surface area contributed by atoms with Crippen LogP contribution in [-0.4, -0.2) is 36.9 Å². The van der Waals surface area contributed by atoms with Gasteiger partial charge in [-0.15, -0.1) is 0 Å². The van der Waals surface area contributed by atoms with Gasteiger partial charge in [0.05, 0.1) is 11.4 Å². The van der Waals surface area contributed by atoms with E-state index < -0.39 is 5.24 Å². The average molecular weight is 398 g/mol. The number of carbonyl (C=O) groups is 4. The van der Waals surface area contributed by atoms with E-state index in [1.54, 1.807) is 48.5 Å². The van der Waals surface area contributed by atoms with E-state index >= 15 is 0 Å². The van der Waals surface area contributed by atoms with Gasteiger partial charge in [0.2, 0.25) is 0 Å². The Labute approximate surface area is 165 Å². The predicted octanol–water partition coefficient (Wildman–Crippen LogP) is 2.66. The van der Waals surface area contributed by atoms with Crippen molar-refractivity contribution in [3.63, 3.8) is 0 Å². The van der Waals surface area contributed by atoms with Crippen LogP contribution in [0.5, 0.6) is 5.75 Å². The van der Waals surface area contributed by atoms with Crippen molar-refractivity contribution >= 4 is 41.6 Å². The summed E-state index contributed by atoms with van der Waals surface area (Å²) >= 11 is 0.658. The number of allylic oxidation sites excluding steroid dienone is 1. The van der Waals surface area contributed by atoms with Crippen molar-refractivity contribution in [1.29, 1.82) is 0 Å². The lowest BCUT2D eigenvalue weighted by atomic mass is 10.1. The lowest BCUT2D eigenvalue weighted by Crippen LogP contribution is -2.28. The van der Waals surface area contributed by atoms with Crippen molar-refractivity contribution in [2.45, 2.75) is 0 Å². The van der Waals surface area contributed by atoms with Crippen LogP contribution in [0.15, 0.2) is 53.4 Å². The van der Waals surface area contributed by atoms with Crippen LogP contribution in [0.2, 0.25) is 0 Å². The van der Waals surface area contributed by atoms with Crippen molar-refractivity contribution in [3.8, 4) is 5.75 Å². The topological polar surface area (TPSA) is 116 Å². The largest absolute Gasteiger partial charge is 0.492 e. The first kappa shape index (κ1) is 20.9. The molecular formula is C20H18N2O5S. The Hall–Kier alpha value is -3.39. The summed E-state index contributed by atoms with van der Waals surface area (Å²) in [7, 11) is 0. The molecular weight excluding hydrogens is 380 g/mol. The van der Waals surface area contributed by atoms with Crippen LogP contribution < -0.4 is 15.8 Å². The molecule has 0 fully saturated rings. The fourth-order valence-corrected chi connectivity index (χ4v) is 2.74. The maximum atomic E-state index is 12.1. The highest BCUT2D eigenvalue weighted by molar-refractivity contribution is 8.17. The van der Waals surface area contributed by atoms with E-state index in [0.717, 1.165) is 0 Å². The van der Waals surface area contributed by atoms with Crippen molar-refractivity contribution in [1.82, 2.24) is 5.32 Å². The van der Waals surface area contributed by atoms with Gasteiger partial charge in [0.1, 0.15) is 12.4 Å². The summed E-state index contributed by atoms with van der Waals surface area (Å²) < 4.78 is 5.55. The summed E-state index contributed by atoms with van der Waals surface area (Å²) in [6, 6.07) is 13.4. The number of rotatable bonds is 9. The standard InChI is InChI=1S/C20H18N2O5S/c21-20(26)28-17(13-24)11-14-5-7-16(8-6-14)27-10-9-22-19(25)18-4-2-1-3-15(18)12-23/h1-8,11-13H,9-10H2,(H2,21,26)(H,22,25)/b17-11-. The molecule has 0 saturated carbocycles. The highest BCUT2D eigenvalue weighted by Crippen LogP contribution is 2.19. The van der Waals surface area contributed by atoms with Crippen LogP contribution in [0, 0.1) is 0 Å². The number of aldehydes is 2. The molecule has 7 nitrogen and oxygen atoms in total. The summed E-state index contributed by atoms with van der Waals surface area (Å²) in [6.07, 6.45) is 2.74. The number of thioether (sulfide) groups is 1. The molecule has 3 N–H and O–H groups in total. The van der Waals surface area contributed by atoms with Crippen molar-refractivity contribution < 1.29 is 23.9 Å². The molecule has 2 aromatic rings. The number of hydrogen-bond donors (Lipinski definition) is 2.